The van der Waals surface area contributed by atoms with E-state index in [-0.39, 0.29) is 12.0 Å². The van der Waals surface area contributed by atoms with E-state index in [0.29, 0.717) is 17.2 Å². The fourth-order valence-electron chi connectivity index (χ4n) is 1.34. The van der Waals surface area contributed by atoms with Gasteiger partial charge in [0.1, 0.15) is 11.5 Å². The maximum atomic E-state index is 11.6. The Bertz CT molecular complexity index is 417. The van der Waals surface area contributed by atoms with Crippen LogP contribution in [0.4, 0.5) is 5.69 Å². The average Bonchev–Trinajstić information content (AvgIpc) is 2.30. The topological polar surface area (TPSA) is 73.6 Å². The molecule has 1 amide bonds. The Labute approximate surface area is 107 Å². The highest BCUT2D eigenvalue weighted by atomic mass is 16.5. The summed E-state index contributed by atoms with van der Waals surface area (Å²) in [5, 5.41) is 2.72. The van der Waals surface area contributed by atoms with E-state index in [1.54, 1.807) is 32.2 Å². The maximum Gasteiger partial charge on any atom is 0.241 e. The van der Waals surface area contributed by atoms with Crippen molar-refractivity contribution in [3.63, 3.8) is 0 Å². The lowest BCUT2D eigenvalue weighted by molar-refractivity contribution is -0.117. The minimum atomic E-state index is -0.580. The van der Waals surface area contributed by atoms with Crippen molar-refractivity contribution in [2.45, 2.75) is 32.9 Å². The van der Waals surface area contributed by atoms with E-state index in [4.69, 9.17) is 15.2 Å². The number of anilines is 1. The molecule has 0 fully saturated rings. The van der Waals surface area contributed by atoms with E-state index < -0.39 is 6.04 Å². The van der Waals surface area contributed by atoms with Gasteiger partial charge < -0.3 is 20.5 Å². The van der Waals surface area contributed by atoms with Crippen LogP contribution >= 0.6 is 0 Å². The normalized spacial score (nSPS) is 12.1. The Balaban J connectivity index is 2.99. The van der Waals surface area contributed by atoms with Crippen molar-refractivity contribution in [1.82, 2.24) is 0 Å². The lowest BCUT2D eigenvalue weighted by atomic mass is 10.2. The van der Waals surface area contributed by atoms with Crippen molar-refractivity contribution in [2.24, 2.45) is 5.73 Å². The standard InChI is InChI=1S/C13H20N2O3/c1-8(2)18-12-6-5-10(17-4)7-11(12)15-13(16)9(3)14/h5-9H,14H2,1-4H3,(H,15,16)/t9-/m0/s1. The summed E-state index contributed by atoms with van der Waals surface area (Å²) in [4.78, 5) is 11.6. The third-order valence-electron chi connectivity index (χ3n) is 2.22. The predicted octanol–water partition coefficient (Wildman–Crippen LogP) is 1.77. The third-order valence-corrected chi connectivity index (χ3v) is 2.22. The minimum Gasteiger partial charge on any atom is -0.497 e. The molecule has 0 aliphatic heterocycles. The number of rotatable bonds is 5. The molecule has 0 spiro atoms. The molecule has 1 aromatic carbocycles. The van der Waals surface area contributed by atoms with E-state index in [0.717, 1.165) is 0 Å². The second kappa shape index (κ2) is 6.26. The molecule has 1 aromatic rings. The smallest absolute Gasteiger partial charge is 0.241 e. The molecule has 1 rings (SSSR count). The molecule has 1 atom stereocenters. The van der Waals surface area contributed by atoms with Gasteiger partial charge in [0.15, 0.2) is 0 Å². The van der Waals surface area contributed by atoms with Crippen molar-refractivity contribution in [1.29, 1.82) is 0 Å². The number of hydrogen-bond acceptors (Lipinski definition) is 4. The number of amides is 1. The largest absolute Gasteiger partial charge is 0.497 e. The average molecular weight is 252 g/mol. The van der Waals surface area contributed by atoms with Gasteiger partial charge in [-0.25, -0.2) is 0 Å². The monoisotopic (exact) mass is 252 g/mol. The molecule has 0 unspecified atom stereocenters. The van der Waals surface area contributed by atoms with Crippen LogP contribution < -0.4 is 20.5 Å². The van der Waals surface area contributed by atoms with Gasteiger partial charge in [0, 0.05) is 6.07 Å². The van der Waals surface area contributed by atoms with Crippen molar-refractivity contribution < 1.29 is 14.3 Å². The molecule has 18 heavy (non-hydrogen) atoms. The molecule has 0 aliphatic rings. The van der Waals surface area contributed by atoms with E-state index in [9.17, 15) is 4.79 Å². The Hall–Kier alpha value is -1.75. The molecular weight excluding hydrogens is 232 g/mol. The van der Waals surface area contributed by atoms with Crippen LogP contribution in [0.1, 0.15) is 20.8 Å². The Kier molecular flexibility index (Phi) is 4.97. The van der Waals surface area contributed by atoms with Crippen molar-refractivity contribution in [3.05, 3.63) is 18.2 Å². The van der Waals surface area contributed by atoms with Crippen LogP contribution in [0.15, 0.2) is 18.2 Å². The summed E-state index contributed by atoms with van der Waals surface area (Å²) in [6.45, 7) is 5.46. The predicted molar refractivity (Wildman–Crippen MR) is 71.0 cm³/mol. The summed E-state index contributed by atoms with van der Waals surface area (Å²) in [6.07, 6.45) is 0.0179. The molecule has 3 N–H and O–H groups in total. The van der Waals surface area contributed by atoms with Crippen LogP contribution in [0.3, 0.4) is 0 Å². The number of carbonyl (C=O) groups excluding carboxylic acids is 1. The number of ether oxygens (including phenoxy) is 2. The van der Waals surface area contributed by atoms with Gasteiger partial charge in [-0.1, -0.05) is 0 Å². The molecule has 0 bridgehead atoms. The Morgan fingerprint density at radius 2 is 2.00 bits per heavy atom. The number of nitrogens with one attached hydrogen (secondary N) is 1. The first kappa shape index (κ1) is 14.3. The highest BCUT2D eigenvalue weighted by Gasteiger charge is 2.13. The first-order chi connectivity index (χ1) is 8.43. The molecule has 0 radical (unpaired) electrons. The molecule has 5 heteroatoms. The number of nitrogens with two attached hydrogens (primary N) is 1. The summed E-state index contributed by atoms with van der Waals surface area (Å²) in [6, 6.07) is 4.66. The Morgan fingerprint density at radius 3 is 2.50 bits per heavy atom. The van der Waals surface area contributed by atoms with E-state index in [2.05, 4.69) is 5.32 Å². The van der Waals surface area contributed by atoms with E-state index >= 15 is 0 Å². The lowest BCUT2D eigenvalue weighted by Gasteiger charge is -2.16. The summed E-state index contributed by atoms with van der Waals surface area (Å²) in [5.41, 5.74) is 6.08. The molecule has 0 saturated carbocycles. The summed E-state index contributed by atoms with van der Waals surface area (Å²) < 4.78 is 10.7. The van der Waals surface area contributed by atoms with Gasteiger partial charge in [0.05, 0.1) is 24.9 Å². The Morgan fingerprint density at radius 1 is 1.33 bits per heavy atom. The van der Waals surface area contributed by atoms with Crippen LogP contribution in [-0.2, 0) is 4.79 Å². The first-order valence-electron chi connectivity index (χ1n) is 5.85. The quantitative estimate of drug-likeness (QED) is 0.837. The molecular formula is C13H20N2O3. The third kappa shape index (κ3) is 3.92. The minimum absolute atomic E-state index is 0.0179. The van der Waals surface area contributed by atoms with Gasteiger partial charge in [-0.3, -0.25) is 4.79 Å². The van der Waals surface area contributed by atoms with Crippen molar-refractivity contribution in [3.8, 4) is 11.5 Å². The molecule has 0 aliphatic carbocycles. The zero-order chi connectivity index (χ0) is 13.7. The number of methoxy groups -OCH3 is 1. The fraction of sp³-hybridized carbons (Fsp3) is 0.462. The van der Waals surface area contributed by atoms with Crippen molar-refractivity contribution in [2.75, 3.05) is 12.4 Å². The lowest BCUT2D eigenvalue weighted by Crippen LogP contribution is -2.32. The number of benzene rings is 1. The SMILES string of the molecule is COc1ccc(OC(C)C)c(NC(=O)[C@H](C)N)c1. The zero-order valence-electron chi connectivity index (χ0n) is 11.2. The van der Waals surface area contributed by atoms with Crippen LogP contribution in [0.2, 0.25) is 0 Å². The number of carbonyl (C=O) groups is 1. The summed E-state index contributed by atoms with van der Waals surface area (Å²) in [7, 11) is 1.56. The molecule has 0 heterocycles. The van der Waals surface area contributed by atoms with Gasteiger partial charge in [0.2, 0.25) is 5.91 Å². The molecule has 0 saturated heterocycles. The second-order valence-electron chi connectivity index (χ2n) is 4.31. The number of hydrogen-bond donors (Lipinski definition) is 2. The second-order valence-corrected chi connectivity index (χ2v) is 4.31. The first-order valence-corrected chi connectivity index (χ1v) is 5.85. The van der Waals surface area contributed by atoms with E-state index in [1.807, 2.05) is 13.8 Å². The van der Waals surface area contributed by atoms with Crippen LogP contribution in [0.5, 0.6) is 11.5 Å². The summed E-state index contributed by atoms with van der Waals surface area (Å²) >= 11 is 0. The molecule has 5 nitrogen and oxygen atoms in total. The fourth-order valence-corrected chi connectivity index (χ4v) is 1.34. The summed E-state index contributed by atoms with van der Waals surface area (Å²) in [5.74, 6) is 0.975. The molecule has 0 aromatic heterocycles. The van der Waals surface area contributed by atoms with Crippen LogP contribution in [0, 0.1) is 0 Å². The van der Waals surface area contributed by atoms with E-state index in [1.165, 1.54) is 0 Å². The van der Waals surface area contributed by atoms with Gasteiger partial charge in [0.25, 0.3) is 0 Å². The van der Waals surface area contributed by atoms with Gasteiger partial charge in [-0.2, -0.15) is 0 Å². The zero-order valence-corrected chi connectivity index (χ0v) is 11.2. The maximum absolute atomic E-state index is 11.6. The van der Waals surface area contributed by atoms with Gasteiger partial charge in [-0.05, 0) is 32.9 Å². The van der Waals surface area contributed by atoms with Crippen molar-refractivity contribution >= 4 is 11.6 Å². The van der Waals surface area contributed by atoms with Gasteiger partial charge in [-0.15, -0.1) is 0 Å². The molecule has 100 valence electrons. The highest BCUT2D eigenvalue weighted by Crippen LogP contribution is 2.30. The van der Waals surface area contributed by atoms with Crippen LogP contribution in [0.25, 0.3) is 0 Å². The highest BCUT2D eigenvalue weighted by molar-refractivity contribution is 5.95. The van der Waals surface area contributed by atoms with Crippen LogP contribution in [-0.4, -0.2) is 25.2 Å². The van der Waals surface area contributed by atoms with Gasteiger partial charge >= 0.3 is 0 Å².